The minimum absolute atomic E-state index is 0.0149. The maximum absolute atomic E-state index is 11.1. The molecule has 0 unspecified atom stereocenters. The number of ketones is 1. The number of hydrogen-bond acceptors (Lipinski definition) is 3. The van der Waals surface area contributed by atoms with E-state index in [0.29, 0.717) is 5.56 Å². The van der Waals surface area contributed by atoms with Crippen molar-refractivity contribution in [2.24, 2.45) is 0 Å². The number of rotatable bonds is 3. The van der Waals surface area contributed by atoms with E-state index in [9.17, 15) is 14.7 Å². The van der Waals surface area contributed by atoms with Crippen LogP contribution in [0.2, 0.25) is 5.02 Å². The number of benzene rings is 1. The number of halogens is 1. The topological polar surface area (TPSA) is 74.6 Å². The van der Waals surface area contributed by atoms with Crippen molar-refractivity contribution in [1.29, 1.82) is 0 Å². The third-order valence-electron chi connectivity index (χ3n) is 1.86. The summed E-state index contributed by atoms with van der Waals surface area (Å²) < 4.78 is 0. The molecule has 0 atom stereocenters. The van der Waals surface area contributed by atoms with Crippen LogP contribution < -0.4 is 0 Å². The highest BCUT2D eigenvalue weighted by Crippen LogP contribution is 2.29. The average molecular weight is 229 g/mol. The van der Waals surface area contributed by atoms with Gasteiger partial charge in [0.15, 0.2) is 5.78 Å². The molecular formula is C10H9ClO4. The smallest absolute Gasteiger partial charge is 0.307 e. The minimum Gasteiger partial charge on any atom is -0.506 e. The lowest BCUT2D eigenvalue weighted by molar-refractivity contribution is -0.136. The maximum atomic E-state index is 11.1. The molecule has 0 fully saturated rings. The van der Waals surface area contributed by atoms with E-state index in [1.807, 2.05) is 0 Å². The van der Waals surface area contributed by atoms with Gasteiger partial charge in [-0.05, 0) is 24.6 Å². The molecule has 0 aliphatic carbocycles. The molecule has 1 aromatic carbocycles. The molecule has 5 heteroatoms. The first-order chi connectivity index (χ1) is 6.91. The third-order valence-corrected chi connectivity index (χ3v) is 2.15. The van der Waals surface area contributed by atoms with Gasteiger partial charge >= 0.3 is 5.97 Å². The average Bonchev–Trinajstić information content (AvgIpc) is 2.09. The van der Waals surface area contributed by atoms with Crippen LogP contribution in [0.5, 0.6) is 5.75 Å². The Balaban J connectivity index is 3.23. The molecule has 2 N–H and O–H groups in total. The van der Waals surface area contributed by atoms with Gasteiger partial charge in [0.1, 0.15) is 5.75 Å². The summed E-state index contributed by atoms with van der Waals surface area (Å²) in [6.07, 6.45) is -0.236. The van der Waals surface area contributed by atoms with Crippen LogP contribution in [0.15, 0.2) is 12.1 Å². The molecule has 0 amide bonds. The summed E-state index contributed by atoms with van der Waals surface area (Å²) in [5.74, 6) is -1.69. The Hall–Kier alpha value is -1.55. The number of aliphatic carboxylic acids is 1. The van der Waals surface area contributed by atoms with Gasteiger partial charge in [0, 0.05) is 0 Å². The molecule has 0 aromatic heterocycles. The molecule has 1 rings (SSSR count). The number of carboxylic acids is 1. The zero-order valence-corrected chi connectivity index (χ0v) is 8.71. The van der Waals surface area contributed by atoms with E-state index in [1.165, 1.54) is 19.1 Å². The van der Waals surface area contributed by atoms with E-state index in [2.05, 4.69) is 0 Å². The predicted molar refractivity (Wildman–Crippen MR) is 54.5 cm³/mol. The molecule has 0 saturated carbocycles. The van der Waals surface area contributed by atoms with Crippen LogP contribution in [0.4, 0.5) is 0 Å². The molecule has 1 aromatic rings. The first kappa shape index (κ1) is 11.5. The molecular weight excluding hydrogens is 220 g/mol. The Kier molecular flexibility index (Phi) is 3.31. The highest BCUT2D eigenvalue weighted by molar-refractivity contribution is 6.32. The largest absolute Gasteiger partial charge is 0.506 e. The van der Waals surface area contributed by atoms with Crippen molar-refractivity contribution in [3.63, 3.8) is 0 Å². The summed E-state index contributed by atoms with van der Waals surface area (Å²) in [6.45, 7) is 1.27. The Morgan fingerprint density at radius 3 is 2.47 bits per heavy atom. The van der Waals surface area contributed by atoms with Gasteiger partial charge in [-0.1, -0.05) is 11.6 Å². The molecule has 0 bridgehead atoms. The van der Waals surface area contributed by atoms with Crippen LogP contribution in [-0.4, -0.2) is 22.0 Å². The van der Waals surface area contributed by atoms with Gasteiger partial charge in [-0.15, -0.1) is 0 Å². The van der Waals surface area contributed by atoms with Gasteiger partial charge in [-0.2, -0.15) is 0 Å². The lowest BCUT2D eigenvalue weighted by atomic mass is 10.0. The zero-order valence-electron chi connectivity index (χ0n) is 7.95. The summed E-state index contributed by atoms with van der Waals surface area (Å²) in [5, 5.41) is 18.0. The molecule has 0 aliphatic heterocycles. The summed E-state index contributed by atoms with van der Waals surface area (Å²) in [6, 6.07) is 2.66. The van der Waals surface area contributed by atoms with Crippen LogP contribution >= 0.6 is 11.6 Å². The number of aromatic hydroxyl groups is 1. The normalized spacial score (nSPS) is 10.0. The van der Waals surface area contributed by atoms with Crippen molar-refractivity contribution in [1.82, 2.24) is 0 Å². The standard InChI is InChI=1S/C10H9ClO4/c1-5(12)7-2-6(4-9(13)14)3-8(11)10(7)15/h2-3,15H,4H2,1H3,(H,13,14). The number of carbonyl (C=O) groups is 2. The molecule has 4 nitrogen and oxygen atoms in total. The second-order valence-electron chi connectivity index (χ2n) is 3.10. The van der Waals surface area contributed by atoms with Crippen molar-refractivity contribution in [2.45, 2.75) is 13.3 Å². The Morgan fingerprint density at radius 1 is 1.40 bits per heavy atom. The van der Waals surface area contributed by atoms with Crippen molar-refractivity contribution in [3.05, 3.63) is 28.3 Å². The maximum Gasteiger partial charge on any atom is 0.307 e. The van der Waals surface area contributed by atoms with Gasteiger partial charge in [0.05, 0.1) is 17.0 Å². The molecule has 0 aliphatic rings. The molecule has 0 radical (unpaired) electrons. The summed E-state index contributed by atoms with van der Waals surface area (Å²) >= 11 is 5.65. The summed E-state index contributed by atoms with van der Waals surface area (Å²) in [4.78, 5) is 21.5. The quantitative estimate of drug-likeness (QED) is 0.775. The van der Waals surface area contributed by atoms with E-state index in [-0.39, 0.29) is 28.5 Å². The van der Waals surface area contributed by atoms with Gasteiger partial charge in [0.2, 0.25) is 0 Å². The lowest BCUT2D eigenvalue weighted by Gasteiger charge is -2.05. The van der Waals surface area contributed by atoms with Crippen molar-refractivity contribution >= 4 is 23.4 Å². The van der Waals surface area contributed by atoms with E-state index in [0.717, 1.165) is 0 Å². The summed E-state index contributed by atoms with van der Waals surface area (Å²) in [5.41, 5.74) is 0.425. The molecule has 0 heterocycles. The fourth-order valence-corrected chi connectivity index (χ4v) is 1.44. The second-order valence-corrected chi connectivity index (χ2v) is 3.51. The Labute approximate surface area is 91.1 Å². The van der Waals surface area contributed by atoms with E-state index in [4.69, 9.17) is 16.7 Å². The molecule has 80 valence electrons. The SMILES string of the molecule is CC(=O)c1cc(CC(=O)O)cc(Cl)c1O. The second kappa shape index (κ2) is 4.31. The Morgan fingerprint density at radius 2 is 2.00 bits per heavy atom. The van der Waals surface area contributed by atoms with Gasteiger partial charge < -0.3 is 10.2 Å². The molecule has 0 saturated heterocycles. The fraction of sp³-hybridized carbons (Fsp3) is 0.200. The van der Waals surface area contributed by atoms with E-state index < -0.39 is 5.97 Å². The lowest BCUT2D eigenvalue weighted by Crippen LogP contribution is -2.02. The van der Waals surface area contributed by atoms with Gasteiger partial charge in [-0.25, -0.2) is 0 Å². The predicted octanol–water partition coefficient (Wildman–Crippen LogP) is 1.88. The highest BCUT2D eigenvalue weighted by Gasteiger charge is 2.13. The highest BCUT2D eigenvalue weighted by atomic mass is 35.5. The minimum atomic E-state index is -1.02. The number of phenols is 1. The molecule has 0 spiro atoms. The van der Waals surface area contributed by atoms with Crippen molar-refractivity contribution in [2.75, 3.05) is 0 Å². The fourth-order valence-electron chi connectivity index (χ4n) is 1.20. The van der Waals surface area contributed by atoms with Gasteiger partial charge in [-0.3, -0.25) is 9.59 Å². The molecule has 15 heavy (non-hydrogen) atoms. The first-order valence-corrected chi connectivity index (χ1v) is 4.53. The van der Waals surface area contributed by atoms with Crippen LogP contribution in [0.1, 0.15) is 22.8 Å². The number of carboxylic acid groups (broad SMARTS) is 1. The number of hydrogen-bond donors (Lipinski definition) is 2. The van der Waals surface area contributed by atoms with E-state index in [1.54, 1.807) is 0 Å². The van der Waals surface area contributed by atoms with Crippen LogP contribution in [0.3, 0.4) is 0 Å². The van der Waals surface area contributed by atoms with Crippen molar-refractivity contribution < 1.29 is 19.8 Å². The van der Waals surface area contributed by atoms with E-state index >= 15 is 0 Å². The monoisotopic (exact) mass is 228 g/mol. The zero-order chi connectivity index (χ0) is 11.6. The first-order valence-electron chi connectivity index (χ1n) is 4.16. The number of phenolic OH excluding ortho intramolecular Hbond substituents is 1. The number of carbonyl (C=O) groups excluding carboxylic acids is 1. The van der Waals surface area contributed by atoms with Crippen LogP contribution in [-0.2, 0) is 11.2 Å². The number of Topliss-reactive ketones (excluding diaryl/α,β-unsaturated/α-hetero) is 1. The summed E-state index contributed by atoms with van der Waals surface area (Å²) in [7, 11) is 0. The van der Waals surface area contributed by atoms with Crippen LogP contribution in [0, 0.1) is 0 Å². The third kappa shape index (κ3) is 2.70. The van der Waals surface area contributed by atoms with Crippen LogP contribution in [0.25, 0.3) is 0 Å². The van der Waals surface area contributed by atoms with Gasteiger partial charge in [0.25, 0.3) is 0 Å². The van der Waals surface area contributed by atoms with Crippen molar-refractivity contribution in [3.8, 4) is 5.75 Å². The Bertz CT molecular complexity index is 426.